The summed E-state index contributed by atoms with van der Waals surface area (Å²) in [5.41, 5.74) is 0.0716. The Morgan fingerprint density at radius 1 is 1.33 bits per heavy atom. The van der Waals surface area contributed by atoms with Crippen LogP contribution in [0.15, 0.2) is 24.3 Å². The highest BCUT2D eigenvalue weighted by molar-refractivity contribution is 6.30. The molecule has 1 heterocycles. The largest absolute Gasteiger partial charge is 0.340 e. The van der Waals surface area contributed by atoms with Crippen molar-refractivity contribution in [3.8, 4) is 0 Å². The van der Waals surface area contributed by atoms with Crippen LogP contribution in [0.3, 0.4) is 0 Å². The normalized spacial score (nSPS) is 21.3. The zero-order valence-electron chi connectivity index (χ0n) is 12.6. The predicted molar refractivity (Wildman–Crippen MR) is 82.9 cm³/mol. The van der Waals surface area contributed by atoms with Crippen LogP contribution in [0.2, 0.25) is 5.02 Å². The molecule has 0 radical (unpaired) electrons. The Morgan fingerprint density at radius 3 is 2.67 bits per heavy atom. The molecule has 1 saturated heterocycles. The summed E-state index contributed by atoms with van der Waals surface area (Å²) >= 11 is 6.00. The van der Waals surface area contributed by atoms with Gasteiger partial charge in [-0.15, -0.1) is 0 Å². The van der Waals surface area contributed by atoms with Crippen molar-refractivity contribution in [1.82, 2.24) is 10.2 Å². The lowest BCUT2D eigenvalue weighted by Gasteiger charge is -2.43. The molecule has 0 aromatic heterocycles. The lowest BCUT2D eigenvalue weighted by Crippen LogP contribution is -2.67. The maximum absolute atomic E-state index is 12.6. The molecule has 21 heavy (non-hydrogen) atoms. The summed E-state index contributed by atoms with van der Waals surface area (Å²) in [6, 6.07) is 6.99. The minimum atomic E-state index is -0.861. The smallest absolute Gasteiger partial charge is 0.248 e. The molecule has 2 amide bonds. The Balaban J connectivity index is 2.30. The highest BCUT2D eigenvalue weighted by atomic mass is 35.5. The van der Waals surface area contributed by atoms with Crippen molar-refractivity contribution in [2.45, 2.75) is 51.7 Å². The lowest BCUT2D eigenvalue weighted by atomic mass is 9.94. The molecule has 114 valence electrons. The summed E-state index contributed by atoms with van der Waals surface area (Å²) in [4.78, 5) is 26.6. The van der Waals surface area contributed by atoms with Gasteiger partial charge in [-0.3, -0.25) is 9.59 Å². The van der Waals surface area contributed by atoms with E-state index < -0.39 is 11.6 Å². The van der Waals surface area contributed by atoms with E-state index in [0.717, 1.165) is 12.0 Å². The van der Waals surface area contributed by atoms with Gasteiger partial charge in [-0.05, 0) is 38.0 Å². The third-order valence-electron chi connectivity index (χ3n) is 3.71. The fourth-order valence-corrected chi connectivity index (χ4v) is 2.87. The van der Waals surface area contributed by atoms with Gasteiger partial charge in [0.2, 0.25) is 11.8 Å². The summed E-state index contributed by atoms with van der Waals surface area (Å²) in [7, 11) is 0. The maximum Gasteiger partial charge on any atom is 0.248 e. The summed E-state index contributed by atoms with van der Waals surface area (Å²) in [6.07, 6.45) is 1.51. The molecule has 1 fully saturated rings. The van der Waals surface area contributed by atoms with E-state index in [9.17, 15) is 9.59 Å². The quantitative estimate of drug-likeness (QED) is 0.930. The number of nitrogens with zero attached hydrogens (tertiary/aromatic N) is 1. The number of halogens is 1. The Labute approximate surface area is 130 Å². The fourth-order valence-electron chi connectivity index (χ4n) is 2.66. The third-order valence-corrected chi connectivity index (χ3v) is 3.95. The Kier molecular flexibility index (Phi) is 4.57. The van der Waals surface area contributed by atoms with Gasteiger partial charge in [-0.2, -0.15) is 0 Å². The number of hydrogen-bond acceptors (Lipinski definition) is 2. The van der Waals surface area contributed by atoms with Gasteiger partial charge in [0.1, 0.15) is 11.6 Å². The summed E-state index contributed by atoms with van der Waals surface area (Å²) < 4.78 is 0. The van der Waals surface area contributed by atoms with Gasteiger partial charge in [0, 0.05) is 11.6 Å². The Hall–Kier alpha value is -1.55. The molecule has 0 saturated carbocycles. The number of benzene rings is 1. The molecule has 4 nitrogen and oxygen atoms in total. The maximum atomic E-state index is 12.6. The second kappa shape index (κ2) is 6.06. The van der Waals surface area contributed by atoms with Crippen LogP contribution in [-0.2, 0) is 16.1 Å². The van der Waals surface area contributed by atoms with Crippen molar-refractivity contribution in [2.75, 3.05) is 0 Å². The van der Waals surface area contributed by atoms with E-state index in [-0.39, 0.29) is 11.8 Å². The molecule has 0 aliphatic carbocycles. The number of carbonyl (C=O) groups excluding carboxylic acids is 2. The minimum Gasteiger partial charge on any atom is -0.340 e. The van der Waals surface area contributed by atoms with Gasteiger partial charge in [-0.25, -0.2) is 0 Å². The number of hydrogen-bond donors (Lipinski definition) is 1. The van der Waals surface area contributed by atoms with Gasteiger partial charge < -0.3 is 10.2 Å². The summed E-state index contributed by atoms with van der Waals surface area (Å²) in [5.74, 6) is -0.135. The molecule has 1 atom stereocenters. The van der Waals surface area contributed by atoms with Gasteiger partial charge in [-0.1, -0.05) is 37.1 Å². The third kappa shape index (κ3) is 3.38. The van der Waals surface area contributed by atoms with E-state index in [4.69, 9.17) is 11.6 Å². The fraction of sp³-hybridized carbons (Fsp3) is 0.500. The lowest BCUT2D eigenvalue weighted by molar-refractivity contribution is -0.154. The van der Waals surface area contributed by atoms with Crippen molar-refractivity contribution in [3.05, 3.63) is 34.9 Å². The van der Waals surface area contributed by atoms with E-state index in [1.807, 2.05) is 25.1 Å². The van der Waals surface area contributed by atoms with Crippen molar-refractivity contribution in [3.63, 3.8) is 0 Å². The van der Waals surface area contributed by atoms with Crippen LogP contribution in [-0.4, -0.2) is 28.3 Å². The molecule has 2 rings (SSSR count). The topological polar surface area (TPSA) is 49.4 Å². The van der Waals surface area contributed by atoms with E-state index in [2.05, 4.69) is 5.32 Å². The van der Waals surface area contributed by atoms with Crippen LogP contribution in [0.5, 0.6) is 0 Å². The first-order chi connectivity index (χ1) is 9.85. The molecule has 1 aliphatic rings. The van der Waals surface area contributed by atoms with Crippen LogP contribution in [0.25, 0.3) is 0 Å². The highest BCUT2D eigenvalue weighted by Gasteiger charge is 2.44. The van der Waals surface area contributed by atoms with E-state index in [1.165, 1.54) is 0 Å². The second-order valence-electron chi connectivity index (χ2n) is 5.98. The predicted octanol–water partition coefficient (Wildman–Crippen LogP) is 2.75. The second-order valence-corrected chi connectivity index (χ2v) is 6.42. The standard InChI is InChI=1S/C16H21ClN2O2/c1-4-6-13-14(20)18-16(2,3)15(21)19(13)10-11-7-5-8-12(17)9-11/h5,7-9,13H,4,6,10H2,1-3H3,(H,18,20). The zero-order chi connectivity index (χ0) is 15.6. The van der Waals surface area contributed by atoms with Gasteiger partial charge >= 0.3 is 0 Å². The van der Waals surface area contributed by atoms with E-state index >= 15 is 0 Å². The van der Waals surface area contributed by atoms with Crippen molar-refractivity contribution < 1.29 is 9.59 Å². The van der Waals surface area contributed by atoms with Crippen molar-refractivity contribution in [2.24, 2.45) is 0 Å². The molecule has 1 aromatic rings. The molecule has 1 aromatic carbocycles. The average molecular weight is 309 g/mol. The number of amides is 2. The summed E-state index contributed by atoms with van der Waals surface area (Å²) in [5, 5.41) is 3.44. The molecule has 1 unspecified atom stereocenters. The van der Waals surface area contributed by atoms with Gasteiger partial charge in [0.15, 0.2) is 0 Å². The van der Waals surface area contributed by atoms with Crippen molar-refractivity contribution in [1.29, 1.82) is 0 Å². The number of nitrogens with one attached hydrogen (secondary N) is 1. The van der Waals surface area contributed by atoms with Crippen LogP contribution in [0.4, 0.5) is 0 Å². The Morgan fingerprint density at radius 2 is 2.05 bits per heavy atom. The van der Waals surface area contributed by atoms with Crippen LogP contribution >= 0.6 is 11.6 Å². The molecule has 0 bridgehead atoms. The molecule has 5 heteroatoms. The molecular formula is C16H21ClN2O2. The first-order valence-electron chi connectivity index (χ1n) is 7.22. The SMILES string of the molecule is CCCC1C(=O)NC(C)(C)C(=O)N1Cc1cccc(Cl)c1. The highest BCUT2D eigenvalue weighted by Crippen LogP contribution is 2.24. The number of rotatable bonds is 4. The van der Waals surface area contributed by atoms with E-state index in [0.29, 0.717) is 18.0 Å². The first-order valence-corrected chi connectivity index (χ1v) is 7.60. The summed E-state index contributed by atoms with van der Waals surface area (Å²) in [6.45, 7) is 5.89. The van der Waals surface area contributed by atoms with Crippen LogP contribution in [0, 0.1) is 0 Å². The van der Waals surface area contributed by atoms with Gasteiger partial charge in [0.25, 0.3) is 0 Å². The zero-order valence-corrected chi connectivity index (χ0v) is 13.4. The Bertz CT molecular complexity index is 557. The monoisotopic (exact) mass is 308 g/mol. The molecule has 1 N–H and O–H groups in total. The van der Waals surface area contributed by atoms with Crippen molar-refractivity contribution >= 4 is 23.4 Å². The van der Waals surface area contributed by atoms with Crippen LogP contribution < -0.4 is 5.32 Å². The molecular weight excluding hydrogens is 288 g/mol. The average Bonchev–Trinajstić information content (AvgIpc) is 2.40. The molecule has 0 spiro atoms. The minimum absolute atomic E-state index is 0.0551. The number of piperazine rings is 1. The first kappa shape index (κ1) is 15.8. The molecule has 1 aliphatic heterocycles. The van der Waals surface area contributed by atoms with Crippen LogP contribution in [0.1, 0.15) is 39.2 Å². The van der Waals surface area contributed by atoms with Gasteiger partial charge in [0.05, 0.1) is 0 Å². The number of carbonyl (C=O) groups is 2. The van der Waals surface area contributed by atoms with E-state index in [1.54, 1.807) is 24.8 Å².